The Morgan fingerprint density at radius 1 is 1.29 bits per heavy atom. The van der Waals surface area contributed by atoms with Crippen molar-refractivity contribution in [3.05, 3.63) is 0 Å². The highest BCUT2D eigenvalue weighted by Gasteiger charge is 2.46. The Labute approximate surface area is 98.0 Å². The third kappa shape index (κ3) is 2.34. The predicted octanol–water partition coefficient (Wildman–Crippen LogP) is 0.946. The van der Waals surface area contributed by atoms with Crippen LogP contribution in [0.15, 0.2) is 0 Å². The van der Waals surface area contributed by atoms with Gasteiger partial charge in [0.2, 0.25) is 0 Å². The zero-order valence-electron chi connectivity index (χ0n) is 8.49. The molecule has 0 aromatic carbocycles. The molecular formula is C9H20Cl2N2O. The van der Waals surface area contributed by atoms with Gasteiger partial charge in [-0.05, 0) is 32.9 Å². The van der Waals surface area contributed by atoms with Crippen LogP contribution in [0.25, 0.3) is 0 Å². The van der Waals surface area contributed by atoms with E-state index in [0.29, 0.717) is 5.41 Å². The quantitative estimate of drug-likeness (QED) is 0.665. The van der Waals surface area contributed by atoms with Gasteiger partial charge in [0.25, 0.3) is 0 Å². The lowest BCUT2D eigenvalue weighted by molar-refractivity contribution is 0.0952. The average molecular weight is 243 g/mol. The lowest BCUT2D eigenvalue weighted by atomic mass is 9.74. The number of nitrogens with one attached hydrogen (secondary N) is 1. The summed E-state index contributed by atoms with van der Waals surface area (Å²) in [5, 5.41) is 3.36. The lowest BCUT2D eigenvalue weighted by Crippen LogP contribution is -2.49. The van der Waals surface area contributed by atoms with E-state index in [-0.39, 0.29) is 37.0 Å². The van der Waals surface area contributed by atoms with Crippen LogP contribution in [0.2, 0.25) is 0 Å². The van der Waals surface area contributed by atoms with Gasteiger partial charge in [-0.15, -0.1) is 24.8 Å². The van der Waals surface area contributed by atoms with Crippen LogP contribution >= 0.6 is 24.8 Å². The maximum absolute atomic E-state index is 6.14. The Balaban J connectivity index is 0.000000845. The van der Waals surface area contributed by atoms with Gasteiger partial charge in [-0.25, -0.2) is 0 Å². The van der Waals surface area contributed by atoms with Gasteiger partial charge in [-0.1, -0.05) is 0 Å². The van der Waals surface area contributed by atoms with E-state index in [2.05, 4.69) is 12.2 Å². The first-order valence-corrected chi connectivity index (χ1v) is 4.82. The van der Waals surface area contributed by atoms with Crippen LogP contribution in [0.3, 0.4) is 0 Å². The van der Waals surface area contributed by atoms with Crippen LogP contribution in [0.5, 0.6) is 0 Å². The highest BCUT2D eigenvalue weighted by Crippen LogP contribution is 2.39. The van der Waals surface area contributed by atoms with Crippen molar-refractivity contribution in [2.45, 2.75) is 31.9 Å². The first kappa shape index (κ1) is 14.5. The lowest BCUT2D eigenvalue weighted by Gasteiger charge is -2.36. The first-order chi connectivity index (χ1) is 5.75. The molecule has 0 aromatic heterocycles. The van der Waals surface area contributed by atoms with E-state index in [1.807, 2.05) is 0 Å². The Morgan fingerprint density at radius 2 is 1.86 bits per heavy atom. The molecule has 3 nitrogen and oxygen atoms in total. The standard InChI is InChI=1S/C9H18N2O.2ClH/c1-7-8(10)9(6-12-7)2-4-11-5-3-9;;/h7-8,11H,2-6,10H2,1H3;2*1H/t7-,8-;;/m1../s1. The van der Waals surface area contributed by atoms with Gasteiger partial charge in [-0.2, -0.15) is 0 Å². The molecule has 0 radical (unpaired) electrons. The van der Waals surface area contributed by atoms with Crippen molar-refractivity contribution in [1.29, 1.82) is 0 Å². The van der Waals surface area contributed by atoms with E-state index < -0.39 is 0 Å². The fraction of sp³-hybridized carbons (Fsp3) is 1.00. The fourth-order valence-corrected chi connectivity index (χ4v) is 2.40. The highest BCUT2D eigenvalue weighted by molar-refractivity contribution is 5.85. The maximum atomic E-state index is 6.14. The van der Waals surface area contributed by atoms with Gasteiger partial charge < -0.3 is 15.8 Å². The second-order valence-electron chi connectivity index (χ2n) is 4.15. The third-order valence-electron chi connectivity index (χ3n) is 3.45. The molecular weight excluding hydrogens is 223 g/mol. The Bertz CT molecular complexity index is 169. The van der Waals surface area contributed by atoms with Crippen molar-refractivity contribution in [3.8, 4) is 0 Å². The van der Waals surface area contributed by atoms with Crippen molar-refractivity contribution in [2.75, 3.05) is 19.7 Å². The summed E-state index contributed by atoms with van der Waals surface area (Å²) < 4.78 is 5.61. The molecule has 0 saturated carbocycles. The van der Waals surface area contributed by atoms with Crippen LogP contribution in [0.1, 0.15) is 19.8 Å². The van der Waals surface area contributed by atoms with Crippen LogP contribution < -0.4 is 11.1 Å². The molecule has 2 aliphatic heterocycles. The number of nitrogens with two attached hydrogens (primary N) is 1. The van der Waals surface area contributed by atoms with E-state index in [1.165, 1.54) is 12.8 Å². The molecule has 1 spiro atoms. The summed E-state index contributed by atoms with van der Waals surface area (Å²) in [6.45, 7) is 5.16. The zero-order valence-corrected chi connectivity index (χ0v) is 10.1. The third-order valence-corrected chi connectivity index (χ3v) is 3.45. The van der Waals surface area contributed by atoms with E-state index in [0.717, 1.165) is 19.7 Å². The molecule has 2 heterocycles. The molecule has 5 heteroatoms. The summed E-state index contributed by atoms with van der Waals surface area (Å²) in [5.74, 6) is 0. The number of halogens is 2. The van der Waals surface area contributed by atoms with Crippen molar-refractivity contribution in [1.82, 2.24) is 5.32 Å². The normalized spacial score (nSPS) is 34.7. The fourth-order valence-electron chi connectivity index (χ4n) is 2.40. The molecule has 2 rings (SSSR count). The van der Waals surface area contributed by atoms with Crippen molar-refractivity contribution >= 4 is 24.8 Å². The second kappa shape index (κ2) is 5.52. The SMILES string of the molecule is C[C@H]1OCC2(CCNCC2)[C@@H]1N.Cl.Cl. The minimum atomic E-state index is 0. The number of rotatable bonds is 0. The second-order valence-corrected chi connectivity index (χ2v) is 4.15. The number of piperidine rings is 1. The minimum absolute atomic E-state index is 0. The predicted molar refractivity (Wildman–Crippen MR) is 62.4 cm³/mol. The van der Waals surface area contributed by atoms with Crippen molar-refractivity contribution < 1.29 is 4.74 Å². The summed E-state index contributed by atoms with van der Waals surface area (Å²) in [6.07, 6.45) is 2.61. The first-order valence-electron chi connectivity index (χ1n) is 4.82. The Hall–Kier alpha value is 0.460. The zero-order chi connectivity index (χ0) is 8.60. The molecule has 0 amide bonds. The molecule has 2 atom stereocenters. The Kier molecular flexibility index (Phi) is 5.70. The van der Waals surface area contributed by atoms with Gasteiger partial charge in [0.15, 0.2) is 0 Å². The van der Waals surface area contributed by atoms with Crippen LogP contribution in [-0.4, -0.2) is 31.8 Å². The van der Waals surface area contributed by atoms with E-state index in [4.69, 9.17) is 10.5 Å². The molecule has 0 aliphatic carbocycles. The van der Waals surface area contributed by atoms with E-state index >= 15 is 0 Å². The smallest absolute Gasteiger partial charge is 0.0704 e. The molecule has 14 heavy (non-hydrogen) atoms. The average Bonchev–Trinajstić information content (AvgIpc) is 2.37. The van der Waals surface area contributed by atoms with Crippen LogP contribution in [0, 0.1) is 5.41 Å². The molecule has 2 fully saturated rings. The van der Waals surface area contributed by atoms with E-state index in [1.54, 1.807) is 0 Å². The van der Waals surface area contributed by atoms with Crippen molar-refractivity contribution in [2.24, 2.45) is 11.1 Å². The molecule has 0 bridgehead atoms. The number of ether oxygens (including phenoxy) is 1. The summed E-state index contributed by atoms with van der Waals surface area (Å²) in [4.78, 5) is 0. The molecule has 86 valence electrons. The molecule has 0 aromatic rings. The van der Waals surface area contributed by atoms with Gasteiger partial charge in [-0.3, -0.25) is 0 Å². The summed E-state index contributed by atoms with van der Waals surface area (Å²) in [5.41, 5.74) is 6.43. The van der Waals surface area contributed by atoms with E-state index in [9.17, 15) is 0 Å². The summed E-state index contributed by atoms with van der Waals surface area (Å²) in [6, 6.07) is 0.250. The van der Waals surface area contributed by atoms with Gasteiger partial charge >= 0.3 is 0 Å². The minimum Gasteiger partial charge on any atom is -0.376 e. The van der Waals surface area contributed by atoms with Gasteiger partial charge in [0.1, 0.15) is 0 Å². The van der Waals surface area contributed by atoms with Crippen molar-refractivity contribution in [3.63, 3.8) is 0 Å². The van der Waals surface area contributed by atoms with Gasteiger partial charge in [0.05, 0.1) is 12.7 Å². The monoisotopic (exact) mass is 242 g/mol. The molecule has 2 aliphatic rings. The van der Waals surface area contributed by atoms with Crippen LogP contribution in [0.4, 0.5) is 0 Å². The largest absolute Gasteiger partial charge is 0.376 e. The maximum Gasteiger partial charge on any atom is 0.0704 e. The van der Waals surface area contributed by atoms with Gasteiger partial charge in [0, 0.05) is 11.5 Å². The van der Waals surface area contributed by atoms with Crippen LogP contribution in [-0.2, 0) is 4.74 Å². The number of hydrogen-bond donors (Lipinski definition) is 2. The molecule has 0 unspecified atom stereocenters. The Morgan fingerprint density at radius 3 is 2.29 bits per heavy atom. The number of hydrogen-bond acceptors (Lipinski definition) is 3. The molecule has 2 saturated heterocycles. The topological polar surface area (TPSA) is 47.3 Å². The highest BCUT2D eigenvalue weighted by atomic mass is 35.5. The summed E-state index contributed by atoms with van der Waals surface area (Å²) >= 11 is 0. The summed E-state index contributed by atoms with van der Waals surface area (Å²) in [7, 11) is 0. The molecule has 3 N–H and O–H groups in total.